The zero-order chi connectivity index (χ0) is 30.5. The van der Waals surface area contributed by atoms with Crippen molar-refractivity contribution in [2.75, 3.05) is 24.0 Å². The summed E-state index contributed by atoms with van der Waals surface area (Å²) in [6.45, 7) is 0. The maximum Gasteiger partial charge on any atom is 0.326 e. The van der Waals surface area contributed by atoms with Crippen LogP contribution in [0, 0.1) is 0 Å². The first kappa shape index (κ1) is 33.0. The molecular formula is C30H39N5O5S2. The van der Waals surface area contributed by atoms with E-state index in [0.717, 1.165) is 22.0 Å². The molecule has 0 aliphatic rings. The number of para-hydroxylation sites is 1. The molecular weight excluding hydrogens is 574 g/mol. The molecule has 12 heteroatoms. The molecule has 226 valence electrons. The second kappa shape index (κ2) is 16.8. The van der Waals surface area contributed by atoms with Crippen LogP contribution >= 0.6 is 23.5 Å². The lowest BCUT2D eigenvalue weighted by Gasteiger charge is -2.25. The summed E-state index contributed by atoms with van der Waals surface area (Å²) < 4.78 is 0. The molecule has 3 aromatic rings. The molecule has 1 heterocycles. The summed E-state index contributed by atoms with van der Waals surface area (Å²) in [5.74, 6) is -1.54. The topological polar surface area (TPSA) is 166 Å². The van der Waals surface area contributed by atoms with Crippen LogP contribution in [0.1, 0.15) is 24.0 Å². The first-order valence-electron chi connectivity index (χ1n) is 13.7. The number of hydrogen-bond donors (Lipinski definition) is 6. The molecule has 0 saturated carbocycles. The van der Waals surface area contributed by atoms with Crippen LogP contribution in [0.5, 0.6) is 0 Å². The second-order valence-electron chi connectivity index (χ2n) is 9.94. The van der Waals surface area contributed by atoms with Crippen molar-refractivity contribution in [3.8, 4) is 0 Å². The number of aromatic amines is 1. The van der Waals surface area contributed by atoms with Crippen molar-refractivity contribution in [3.63, 3.8) is 0 Å². The Morgan fingerprint density at radius 1 is 0.786 bits per heavy atom. The quantitative estimate of drug-likeness (QED) is 0.135. The Morgan fingerprint density at radius 2 is 1.38 bits per heavy atom. The Hall–Kier alpha value is -3.48. The lowest BCUT2D eigenvalue weighted by Crippen LogP contribution is -2.58. The van der Waals surface area contributed by atoms with E-state index in [1.807, 2.05) is 67.1 Å². The fourth-order valence-electron chi connectivity index (χ4n) is 4.48. The average molecular weight is 614 g/mol. The number of nitrogens with one attached hydrogen (secondary N) is 4. The number of aromatic nitrogens is 1. The summed E-state index contributed by atoms with van der Waals surface area (Å²) in [4.78, 5) is 55.1. The smallest absolute Gasteiger partial charge is 0.326 e. The minimum Gasteiger partial charge on any atom is -0.480 e. The van der Waals surface area contributed by atoms with E-state index in [4.69, 9.17) is 5.73 Å². The van der Waals surface area contributed by atoms with Crippen LogP contribution in [0.4, 0.5) is 0 Å². The summed E-state index contributed by atoms with van der Waals surface area (Å²) in [6, 6.07) is 12.8. The molecule has 42 heavy (non-hydrogen) atoms. The highest BCUT2D eigenvalue weighted by atomic mass is 32.2. The van der Waals surface area contributed by atoms with Gasteiger partial charge in [0.05, 0.1) is 6.04 Å². The molecule has 0 radical (unpaired) electrons. The number of carbonyl (C=O) groups is 4. The van der Waals surface area contributed by atoms with Crippen LogP contribution in [0.2, 0.25) is 0 Å². The number of benzene rings is 2. The van der Waals surface area contributed by atoms with Gasteiger partial charge in [-0.2, -0.15) is 23.5 Å². The van der Waals surface area contributed by atoms with E-state index >= 15 is 0 Å². The number of aliphatic carboxylic acids is 1. The van der Waals surface area contributed by atoms with Gasteiger partial charge in [0.1, 0.15) is 18.1 Å². The maximum absolute atomic E-state index is 13.5. The zero-order valence-electron chi connectivity index (χ0n) is 23.8. The van der Waals surface area contributed by atoms with Gasteiger partial charge < -0.3 is 31.8 Å². The van der Waals surface area contributed by atoms with Crippen molar-refractivity contribution in [1.82, 2.24) is 20.9 Å². The molecule has 0 aliphatic carbocycles. The van der Waals surface area contributed by atoms with E-state index < -0.39 is 47.9 Å². The summed E-state index contributed by atoms with van der Waals surface area (Å²) in [6.07, 6.45) is 6.53. The highest BCUT2D eigenvalue weighted by Gasteiger charge is 2.30. The zero-order valence-corrected chi connectivity index (χ0v) is 25.4. The van der Waals surface area contributed by atoms with Crippen LogP contribution in [0.15, 0.2) is 60.8 Å². The fourth-order valence-corrected chi connectivity index (χ4v) is 5.44. The van der Waals surface area contributed by atoms with Crippen molar-refractivity contribution in [3.05, 3.63) is 71.9 Å². The van der Waals surface area contributed by atoms with Crippen molar-refractivity contribution < 1.29 is 24.3 Å². The minimum atomic E-state index is -1.21. The van der Waals surface area contributed by atoms with Crippen LogP contribution in [0.3, 0.4) is 0 Å². The van der Waals surface area contributed by atoms with Crippen molar-refractivity contribution >= 4 is 58.1 Å². The summed E-state index contributed by atoms with van der Waals surface area (Å²) in [5.41, 5.74) is 8.50. The molecule has 4 atom stereocenters. The van der Waals surface area contributed by atoms with Crippen LogP contribution in [0.25, 0.3) is 10.9 Å². The Bertz CT molecular complexity index is 1340. The maximum atomic E-state index is 13.5. The molecule has 3 rings (SSSR count). The van der Waals surface area contributed by atoms with Crippen molar-refractivity contribution in [1.29, 1.82) is 0 Å². The molecule has 10 nitrogen and oxygen atoms in total. The number of thioether (sulfide) groups is 2. The fraction of sp³-hybridized carbons (Fsp3) is 0.400. The Balaban J connectivity index is 1.76. The number of carbonyl (C=O) groups excluding carboxylic acids is 3. The molecule has 0 aliphatic heterocycles. The summed E-state index contributed by atoms with van der Waals surface area (Å²) in [5, 5.41) is 18.9. The standard InChI is InChI=1S/C30H39N5O5S2/c1-41-14-12-22(31)27(36)34-25(16-19-8-4-3-5-9-19)29(38)33-24(13-15-42-2)28(37)35-26(30(39)40)17-20-18-32-23-11-7-6-10-21(20)23/h3-11,18,22,24-26,32H,12-17,31H2,1-2H3,(H,33,38)(H,34,36)(H,35,37)(H,39,40). The number of nitrogens with two attached hydrogens (primary N) is 1. The van der Waals surface area contributed by atoms with Gasteiger partial charge in [-0.3, -0.25) is 14.4 Å². The first-order valence-corrected chi connectivity index (χ1v) is 16.5. The lowest BCUT2D eigenvalue weighted by atomic mass is 10.0. The molecule has 0 bridgehead atoms. The highest BCUT2D eigenvalue weighted by molar-refractivity contribution is 7.98. The number of carboxylic acid groups (broad SMARTS) is 1. The number of amides is 3. The predicted octanol–water partition coefficient (Wildman–Crippen LogP) is 2.33. The van der Waals surface area contributed by atoms with Gasteiger partial charge in [-0.05, 0) is 54.1 Å². The van der Waals surface area contributed by atoms with Gasteiger partial charge in [0, 0.05) is 29.9 Å². The number of carboxylic acids is 1. The Kier molecular flexibility index (Phi) is 13.2. The van der Waals surface area contributed by atoms with Gasteiger partial charge in [0.15, 0.2) is 0 Å². The molecule has 0 saturated heterocycles. The van der Waals surface area contributed by atoms with Gasteiger partial charge in [0.25, 0.3) is 0 Å². The van der Waals surface area contributed by atoms with Gasteiger partial charge in [0.2, 0.25) is 17.7 Å². The molecule has 2 aromatic carbocycles. The van der Waals surface area contributed by atoms with E-state index in [-0.39, 0.29) is 19.3 Å². The second-order valence-corrected chi connectivity index (χ2v) is 11.9. The van der Waals surface area contributed by atoms with Crippen molar-refractivity contribution in [2.45, 2.75) is 49.9 Å². The number of H-pyrrole nitrogens is 1. The van der Waals surface area contributed by atoms with Crippen LogP contribution in [-0.2, 0) is 32.0 Å². The normalized spacial score (nSPS) is 14.0. The third-order valence-electron chi connectivity index (χ3n) is 6.84. The molecule has 4 unspecified atom stereocenters. The van der Waals surface area contributed by atoms with Crippen LogP contribution < -0.4 is 21.7 Å². The summed E-state index contributed by atoms with van der Waals surface area (Å²) in [7, 11) is 0. The van der Waals surface area contributed by atoms with Crippen molar-refractivity contribution in [2.24, 2.45) is 5.73 Å². The summed E-state index contributed by atoms with van der Waals surface area (Å²) >= 11 is 3.07. The van der Waals surface area contributed by atoms with E-state index in [2.05, 4.69) is 20.9 Å². The predicted molar refractivity (Wildman–Crippen MR) is 170 cm³/mol. The Morgan fingerprint density at radius 3 is 2.07 bits per heavy atom. The molecule has 0 spiro atoms. The molecule has 0 fully saturated rings. The van der Waals surface area contributed by atoms with Crippen LogP contribution in [-0.4, -0.2) is 82.0 Å². The Labute approximate surface area is 254 Å². The minimum absolute atomic E-state index is 0.0644. The van der Waals surface area contributed by atoms with Gasteiger partial charge in [-0.15, -0.1) is 0 Å². The molecule has 7 N–H and O–H groups in total. The van der Waals surface area contributed by atoms with Gasteiger partial charge >= 0.3 is 5.97 Å². The lowest BCUT2D eigenvalue weighted by molar-refractivity contribution is -0.142. The number of rotatable bonds is 17. The average Bonchev–Trinajstić information content (AvgIpc) is 3.40. The van der Waals surface area contributed by atoms with E-state index in [0.29, 0.717) is 17.9 Å². The monoisotopic (exact) mass is 613 g/mol. The molecule has 3 amide bonds. The number of hydrogen-bond acceptors (Lipinski definition) is 7. The first-order chi connectivity index (χ1) is 20.2. The van der Waals surface area contributed by atoms with E-state index in [1.165, 1.54) is 11.8 Å². The van der Waals surface area contributed by atoms with Gasteiger partial charge in [-0.25, -0.2) is 4.79 Å². The molecule has 1 aromatic heterocycles. The largest absolute Gasteiger partial charge is 0.480 e. The third kappa shape index (κ3) is 9.81. The third-order valence-corrected chi connectivity index (χ3v) is 8.13. The van der Waals surface area contributed by atoms with E-state index in [9.17, 15) is 24.3 Å². The number of fused-ring (bicyclic) bond motifs is 1. The highest BCUT2D eigenvalue weighted by Crippen LogP contribution is 2.19. The van der Waals surface area contributed by atoms with E-state index in [1.54, 1.807) is 18.0 Å². The SMILES string of the molecule is CSCCC(N)C(=O)NC(Cc1ccccc1)C(=O)NC(CCSC)C(=O)NC(Cc1c[nH]c2ccccc12)C(=O)O. The van der Waals surface area contributed by atoms with Gasteiger partial charge in [-0.1, -0.05) is 48.5 Å².